The van der Waals surface area contributed by atoms with E-state index < -0.39 is 0 Å². The highest BCUT2D eigenvalue weighted by molar-refractivity contribution is 4.51. The molecule has 1 nitrogen and oxygen atoms in total. The van der Waals surface area contributed by atoms with Gasteiger partial charge in [-0.25, -0.2) is 0 Å². The standard InChI is InChI=1S/C21H43O/c1-4-22-20-18-16-14-12-10-8-6-5-7-9-11-13-15-17-19-21(2)3/h4,21H,5-20H2,1-3H3. The summed E-state index contributed by atoms with van der Waals surface area (Å²) < 4.78 is 5.23. The molecule has 22 heavy (non-hydrogen) atoms. The molecule has 0 aliphatic rings. The molecule has 0 saturated carbocycles. The molecule has 0 rings (SSSR count). The van der Waals surface area contributed by atoms with Crippen LogP contribution < -0.4 is 0 Å². The van der Waals surface area contributed by atoms with Gasteiger partial charge in [-0.05, 0) is 19.3 Å². The van der Waals surface area contributed by atoms with Gasteiger partial charge < -0.3 is 4.74 Å². The van der Waals surface area contributed by atoms with Gasteiger partial charge in [0.2, 0.25) is 0 Å². The van der Waals surface area contributed by atoms with E-state index in [1.165, 1.54) is 96.3 Å². The fraction of sp³-hybridized carbons (Fsp3) is 0.952. The number of hydrogen-bond donors (Lipinski definition) is 0. The number of ether oxygens (including phenoxy) is 1. The second kappa shape index (κ2) is 19.0. The van der Waals surface area contributed by atoms with Crippen molar-refractivity contribution in [2.45, 2.75) is 117 Å². The van der Waals surface area contributed by atoms with Gasteiger partial charge >= 0.3 is 0 Å². The molecule has 133 valence electrons. The molecule has 1 heteroatoms. The van der Waals surface area contributed by atoms with E-state index in [0.717, 1.165) is 12.5 Å². The van der Waals surface area contributed by atoms with Crippen molar-refractivity contribution in [3.8, 4) is 0 Å². The van der Waals surface area contributed by atoms with E-state index in [0.29, 0.717) is 0 Å². The summed E-state index contributed by atoms with van der Waals surface area (Å²) in [6.07, 6.45) is 21.4. The lowest BCUT2D eigenvalue weighted by atomic mass is 10.0. The lowest BCUT2D eigenvalue weighted by Crippen LogP contribution is -1.89. The minimum absolute atomic E-state index is 0.892. The second-order valence-electron chi connectivity index (χ2n) is 7.24. The van der Waals surface area contributed by atoms with Crippen molar-refractivity contribution in [2.75, 3.05) is 6.61 Å². The Morgan fingerprint density at radius 3 is 1.32 bits per heavy atom. The third-order valence-electron chi connectivity index (χ3n) is 4.46. The molecule has 0 bridgehead atoms. The van der Waals surface area contributed by atoms with Crippen LogP contribution in [0.4, 0.5) is 0 Å². The maximum atomic E-state index is 5.23. The van der Waals surface area contributed by atoms with Crippen LogP contribution in [0.25, 0.3) is 0 Å². The second-order valence-corrected chi connectivity index (χ2v) is 7.24. The molecule has 0 fully saturated rings. The molecular formula is C21H43O. The summed E-state index contributed by atoms with van der Waals surface area (Å²) in [5.41, 5.74) is 0. The first-order valence-corrected chi connectivity index (χ1v) is 10.2. The fourth-order valence-corrected chi connectivity index (χ4v) is 2.98. The van der Waals surface area contributed by atoms with E-state index in [4.69, 9.17) is 4.74 Å². The van der Waals surface area contributed by atoms with E-state index in [2.05, 4.69) is 13.8 Å². The summed E-state index contributed by atoms with van der Waals surface area (Å²) in [5.74, 6) is 0.892. The Morgan fingerprint density at radius 1 is 0.591 bits per heavy atom. The first kappa shape index (κ1) is 22.0. The minimum atomic E-state index is 0.892. The first-order chi connectivity index (χ1) is 10.8. The van der Waals surface area contributed by atoms with Crippen molar-refractivity contribution in [2.24, 2.45) is 5.92 Å². The van der Waals surface area contributed by atoms with Crippen molar-refractivity contribution < 1.29 is 4.74 Å². The number of unbranched alkanes of at least 4 members (excludes halogenated alkanes) is 13. The van der Waals surface area contributed by atoms with Crippen molar-refractivity contribution in [3.63, 3.8) is 0 Å². The Bertz CT molecular complexity index is 188. The average Bonchev–Trinajstić information content (AvgIpc) is 2.50. The molecule has 1 radical (unpaired) electrons. The topological polar surface area (TPSA) is 9.23 Å². The SMILES string of the molecule is C[CH]OCCCCCCCCCCCCCCCCC(C)C. The lowest BCUT2D eigenvalue weighted by Gasteiger charge is -2.05. The van der Waals surface area contributed by atoms with Gasteiger partial charge in [0.15, 0.2) is 0 Å². The molecule has 0 amide bonds. The quantitative estimate of drug-likeness (QED) is 0.236. The van der Waals surface area contributed by atoms with Crippen LogP contribution in [0.1, 0.15) is 117 Å². The van der Waals surface area contributed by atoms with Crippen molar-refractivity contribution in [1.82, 2.24) is 0 Å². The van der Waals surface area contributed by atoms with Crippen molar-refractivity contribution in [1.29, 1.82) is 0 Å². The van der Waals surface area contributed by atoms with Gasteiger partial charge in [-0.1, -0.05) is 104 Å². The van der Waals surface area contributed by atoms with Crippen LogP contribution in [0, 0.1) is 12.5 Å². The lowest BCUT2D eigenvalue weighted by molar-refractivity contribution is 0.197. The maximum Gasteiger partial charge on any atom is 0.0805 e. The van der Waals surface area contributed by atoms with E-state index in [-0.39, 0.29) is 0 Å². The maximum absolute atomic E-state index is 5.23. The normalized spacial score (nSPS) is 11.5. The first-order valence-electron chi connectivity index (χ1n) is 10.2. The predicted octanol–water partition coefficient (Wildman–Crippen LogP) is 7.69. The van der Waals surface area contributed by atoms with Gasteiger partial charge in [0.25, 0.3) is 0 Å². The Kier molecular flexibility index (Phi) is 19.0. The van der Waals surface area contributed by atoms with E-state index in [9.17, 15) is 0 Å². The Hall–Kier alpha value is -0.0400. The molecule has 0 aromatic heterocycles. The van der Waals surface area contributed by atoms with Crippen molar-refractivity contribution >= 4 is 0 Å². The highest BCUT2D eigenvalue weighted by Crippen LogP contribution is 2.14. The van der Waals surface area contributed by atoms with E-state index in [1.54, 1.807) is 6.61 Å². The van der Waals surface area contributed by atoms with E-state index >= 15 is 0 Å². The zero-order valence-corrected chi connectivity index (χ0v) is 15.9. The summed E-state index contributed by atoms with van der Waals surface area (Å²) >= 11 is 0. The molecule has 0 heterocycles. The monoisotopic (exact) mass is 311 g/mol. The smallest absolute Gasteiger partial charge is 0.0805 e. The molecule has 0 aromatic rings. The summed E-state index contributed by atoms with van der Waals surface area (Å²) in [5, 5.41) is 0. The van der Waals surface area contributed by atoms with Gasteiger partial charge in [-0.2, -0.15) is 0 Å². The third-order valence-corrected chi connectivity index (χ3v) is 4.46. The van der Waals surface area contributed by atoms with Gasteiger partial charge in [0, 0.05) is 6.61 Å². The van der Waals surface area contributed by atoms with Crippen LogP contribution in [0.2, 0.25) is 0 Å². The van der Waals surface area contributed by atoms with Crippen LogP contribution in [0.3, 0.4) is 0 Å². The summed E-state index contributed by atoms with van der Waals surface area (Å²) in [7, 11) is 0. The molecule has 0 spiro atoms. The highest BCUT2D eigenvalue weighted by Gasteiger charge is 1.96. The summed E-state index contributed by atoms with van der Waals surface area (Å²) in [4.78, 5) is 0. The molecule has 0 aromatic carbocycles. The van der Waals surface area contributed by atoms with Gasteiger partial charge in [-0.3, -0.25) is 0 Å². The molecule has 0 atom stereocenters. The van der Waals surface area contributed by atoms with Crippen LogP contribution in [-0.2, 0) is 4.74 Å². The van der Waals surface area contributed by atoms with Gasteiger partial charge in [0.05, 0.1) is 6.61 Å². The predicted molar refractivity (Wildman–Crippen MR) is 100 cm³/mol. The Labute approximate surface area is 141 Å². The zero-order valence-electron chi connectivity index (χ0n) is 15.9. The molecule has 0 unspecified atom stereocenters. The summed E-state index contributed by atoms with van der Waals surface area (Å²) in [6.45, 7) is 9.33. The van der Waals surface area contributed by atoms with Gasteiger partial charge in [0.1, 0.15) is 0 Å². The fourth-order valence-electron chi connectivity index (χ4n) is 2.98. The minimum Gasteiger partial charge on any atom is -0.376 e. The summed E-state index contributed by atoms with van der Waals surface area (Å²) in [6, 6.07) is 0. The van der Waals surface area contributed by atoms with Crippen LogP contribution in [0.15, 0.2) is 0 Å². The number of hydrogen-bond acceptors (Lipinski definition) is 1. The van der Waals surface area contributed by atoms with Gasteiger partial charge in [-0.15, -0.1) is 0 Å². The zero-order chi connectivity index (χ0) is 16.3. The average molecular weight is 312 g/mol. The van der Waals surface area contributed by atoms with Crippen LogP contribution in [0.5, 0.6) is 0 Å². The molecule has 0 aliphatic carbocycles. The third kappa shape index (κ3) is 20.0. The molecule has 0 aliphatic heterocycles. The largest absolute Gasteiger partial charge is 0.376 e. The highest BCUT2D eigenvalue weighted by atomic mass is 16.5. The number of rotatable bonds is 18. The van der Waals surface area contributed by atoms with E-state index in [1.807, 2.05) is 6.92 Å². The molecule has 0 saturated heterocycles. The molecular weight excluding hydrogens is 268 g/mol. The molecule has 0 N–H and O–H groups in total. The van der Waals surface area contributed by atoms with Crippen LogP contribution >= 0.6 is 0 Å². The van der Waals surface area contributed by atoms with Crippen molar-refractivity contribution in [3.05, 3.63) is 6.61 Å². The Morgan fingerprint density at radius 2 is 0.955 bits per heavy atom. The van der Waals surface area contributed by atoms with Crippen LogP contribution in [-0.4, -0.2) is 6.61 Å². The Balaban J connectivity index is 2.94.